The lowest BCUT2D eigenvalue weighted by molar-refractivity contribution is -0.130. The second-order valence-corrected chi connectivity index (χ2v) is 3.61. The summed E-state index contributed by atoms with van der Waals surface area (Å²) < 4.78 is 5.14. The number of hydrogen-bond donors (Lipinski definition) is 2. The summed E-state index contributed by atoms with van der Waals surface area (Å²) >= 11 is 0. The molecular formula is C11H17N3O3. The molecule has 0 aromatic heterocycles. The van der Waals surface area contributed by atoms with E-state index in [-0.39, 0.29) is 18.1 Å². The highest BCUT2D eigenvalue weighted by Gasteiger charge is 2.20. The largest absolute Gasteiger partial charge is 0.396 e. The van der Waals surface area contributed by atoms with E-state index in [4.69, 9.17) is 15.1 Å². The summed E-state index contributed by atoms with van der Waals surface area (Å²) in [5, 5.41) is 20.3. The first kappa shape index (κ1) is 13.5. The molecule has 94 valence electrons. The van der Waals surface area contributed by atoms with E-state index >= 15 is 0 Å². The smallest absolute Gasteiger partial charge is 0.266 e. The van der Waals surface area contributed by atoms with Gasteiger partial charge in [-0.25, -0.2) is 0 Å². The number of nitrogens with zero attached hydrogens (tertiary/aromatic N) is 2. The maximum Gasteiger partial charge on any atom is 0.266 e. The molecule has 0 unspecified atom stereocenters. The third-order valence-corrected chi connectivity index (χ3v) is 2.37. The third kappa shape index (κ3) is 4.43. The van der Waals surface area contributed by atoms with Crippen LogP contribution in [0, 0.1) is 11.3 Å². The number of nitrogens with one attached hydrogen (secondary N) is 1. The summed E-state index contributed by atoms with van der Waals surface area (Å²) in [6, 6.07) is 1.88. The Bertz CT molecular complexity index is 316. The van der Waals surface area contributed by atoms with Gasteiger partial charge >= 0.3 is 0 Å². The minimum atomic E-state index is -0.271. The van der Waals surface area contributed by atoms with Crippen molar-refractivity contribution in [2.24, 2.45) is 0 Å². The molecule has 6 nitrogen and oxygen atoms in total. The molecule has 6 heteroatoms. The number of aliphatic hydroxyl groups is 1. The number of carbonyl (C=O) groups excluding carboxylic acids is 1. The van der Waals surface area contributed by atoms with Crippen LogP contribution in [0.3, 0.4) is 0 Å². The minimum Gasteiger partial charge on any atom is -0.396 e. The second kappa shape index (κ2) is 7.65. The predicted molar refractivity (Wildman–Crippen MR) is 60.8 cm³/mol. The van der Waals surface area contributed by atoms with Crippen LogP contribution in [0.4, 0.5) is 0 Å². The van der Waals surface area contributed by atoms with Crippen molar-refractivity contribution in [3.8, 4) is 6.07 Å². The lowest BCUT2D eigenvalue weighted by atomic mass is 10.2. The summed E-state index contributed by atoms with van der Waals surface area (Å²) in [6.07, 6.45) is 1.99. The Labute approximate surface area is 100 Å². The zero-order valence-corrected chi connectivity index (χ0v) is 9.69. The van der Waals surface area contributed by atoms with Crippen LogP contribution in [0.1, 0.15) is 6.42 Å². The number of morpholine rings is 1. The Morgan fingerprint density at radius 1 is 1.53 bits per heavy atom. The molecule has 17 heavy (non-hydrogen) atoms. The van der Waals surface area contributed by atoms with Gasteiger partial charge in [-0.05, 0) is 6.42 Å². The molecule has 1 fully saturated rings. The summed E-state index contributed by atoms with van der Waals surface area (Å²) in [4.78, 5) is 13.5. The molecule has 1 aliphatic rings. The average molecular weight is 239 g/mol. The number of nitriles is 1. The zero-order chi connectivity index (χ0) is 12.5. The molecule has 0 aliphatic carbocycles. The SMILES string of the molecule is N#C/C(=C/NCCCO)C(=O)N1CCOCC1. The monoisotopic (exact) mass is 239 g/mol. The number of amides is 1. The zero-order valence-electron chi connectivity index (χ0n) is 9.69. The predicted octanol–water partition coefficient (Wildman–Crippen LogP) is -0.775. The van der Waals surface area contributed by atoms with E-state index in [0.29, 0.717) is 39.3 Å². The van der Waals surface area contributed by atoms with Gasteiger partial charge in [-0.3, -0.25) is 4.79 Å². The van der Waals surface area contributed by atoms with E-state index in [1.165, 1.54) is 6.20 Å². The van der Waals surface area contributed by atoms with E-state index in [1.807, 2.05) is 6.07 Å². The van der Waals surface area contributed by atoms with Crippen molar-refractivity contribution in [1.29, 1.82) is 5.26 Å². The van der Waals surface area contributed by atoms with Crippen LogP contribution in [0.5, 0.6) is 0 Å². The maximum absolute atomic E-state index is 11.9. The van der Waals surface area contributed by atoms with Crippen LogP contribution in [-0.4, -0.2) is 55.4 Å². The van der Waals surface area contributed by atoms with E-state index in [1.54, 1.807) is 4.90 Å². The topological polar surface area (TPSA) is 85.6 Å². The molecule has 0 radical (unpaired) electrons. The minimum absolute atomic E-state index is 0.0835. The highest BCUT2D eigenvalue weighted by atomic mass is 16.5. The van der Waals surface area contributed by atoms with Gasteiger partial charge in [0.1, 0.15) is 11.6 Å². The van der Waals surface area contributed by atoms with Gasteiger partial charge in [0.25, 0.3) is 5.91 Å². The molecular weight excluding hydrogens is 222 g/mol. The molecule has 1 heterocycles. The molecule has 1 saturated heterocycles. The normalized spacial score (nSPS) is 16.5. The first-order valence-electron chi connectivity index (χ1n) is 5.61. The maximum atomic E-state index is 11.9. The Morgan fingerprint density at radius 3 is 2.82 bits per heavy atom. The summed E-state index contributed by atoms with van der Waals surface area (Å²) in [5.74, 6) is -0.271. The van der Waals surface area contributed by atoms with Crippen molar-refractivity contribution >= 4 is 5.91 Å². The fraction of sp³-hybridized carbons (Fsp3) is 0.636. The molecule has 0 saturated carbocycles. The van der Waals surface area contributed by atoms with Crippen LogP contribution in [0.2, 0.25) is 0 Å². The van der Waals surface area contributed by atoms with Crippen molar-refractivity contribution in [3.63, 3.8) is 0 Å². The average Bonchev–Trinajstić information content (AvgIpc) is 2.39. The van der Waals surface area contributed by atoms with Gasteiger partial charge in [0.15, 0.2) is 0 Å². The fourth-order valence-electron chi connectivity index (χ4n) is 1.43. The van der Waals surface area contributed by atoms with Crippen molar-refractivity contribution in [1.82, 2.24) is 10.2 Å². The van der Waals surface area contributed by atoms with Crippen molar-refractivity contribution in [3.05, 3.63) is 11.8 Å². The molecule has 1 amide bonds. The van der Waals surface area contributed by atoms with Crippen LogP contribution < -0.4 is 5.32 Å². The van der Waals surface area contributed by atoms with Crippen LogP contribution in [-0.2, 0) is 9.53 Å². The van der Waals surface area contributed by atoms with Gasteiger partial charge in [-0.2, -0.15) is 5.26 Å². The fourth-order valence-corrected chi connectivity index (χ4v) is 1.43. The van der Waals surface area contributed by atoms with Crippen LogP contribution >= 0.6 is 0 Å². The van der Waals surface area contributed by atoms with Gasteiger partial charge < -0.3 is 20.1 Å². The van der Waals surface area contributed by atoms with Gasteiger partial charge in [-0.15, -0.1) is 0 Å². The Morgan fingerprint density at radius 2 is 2.24 bits per heavy atom. The van der Waals surface area contributed by atoms with Crippen LogP contribution in [0.25, 0.3) is 0 Å². The Hall–Kier alpha value is -1.58. The molecule has 0 bridgehead atoms. The molecule has 0 aromatic carbocycles. The molecule has 1 aliphatic heterocycles. The highest BCUT2D eigenvalue weighted by molar-refractivity contribution is 5.97. The first-order valence-corrected chi connectivity index (χ1v) is 5.61. The van der Waals surface area contributed by atoms with Crippen molar-refractivity contribution in [2.75, 3.05) is 39.5 Å². The van der Waals surface area contributed by atoms with E-state index in [0.717, 1.165) is 0 Å². The van der Waals surface area contributed by atoms with Gasteiger partial charge in [-0.1, -0.05) is 0 Å². The number of rotatable bonds is 5. The quantitative estimate of drug-likeness (QED) is 0.373. The number of hydrogen-bond acceptors (Lipinski definition) is 5. The summed E-state index contributed by atoms with van der Waals surface area (Å²) in [6.45, 7) is 2.70. The Balaban J connectivity index is 2.48. The standard InChI is InChI=1S/C11H17N3O3/c12-8-10(9-13-2-1-5-15)11(16)14-3-6-17-7-4-14/h9,13,15H,1-7H2/b10-9-. The lowest BCUT2D eigenvalue weighted by Gasteiger charge is -2.26. The second-order valence-electron chi connectivity index (χ2n) is 3.61. The molecule has 1 rings (SSSR count). The molecule has 0 aromatic rings. The molecule has 0 atom stereocenters. The van der Waals surface area contributed by atoms with Gasteiger partial charge in [0.05, 0.1) is 13.2 Å². The highest BCUT2D eigenvalue weighted by Crippen LogP contribution is 2.03. The van der Waals surface area contributed by atoms with E-state index < -0.39 is 0 Å². The van der Waals surface area contributed by atoms with Gasteiger partial charge in [0, 0.05) is 32.4 Å². The van der Waals surface area contributed by atoms with Crippen molar-refractivity contribution < 1.29 is 14.6 Å². The number of carbonyl (C=O) groups is 1. The number of aliphatic hydroxyl groups excluding tert-OH is 1. The summed E-state index contributed by atoms with van der Waals surface area (Å²) in [5.41, 5.74) is 0.0878. The summed E-state index contributed by atoms with van der Waals surface area (Å²) in [7, 11) is 0. The van der Waals surface area contributed by atoms with Gasteiger partial charge in [0.2, 0.25) is 0 Å². The first-order chi connectivity index (χ1) is 8.29. The molecule has 0 spiro atoms. The third-order valence-electron chi connectivity index (χ3n) is 2.37. The van der Waals surface area contributed by atoms with E-state index in [2.05, 4.69) is 5.32 Å². The van der Waals surface area contributed by atoms with Crippen molar-refractivity contribution in [2.45, 2.75) is 6.42 Å². The Kier molecular flexibility index (Phi) is 6.07. The van der Waals surface area contributed by atoms with Crippen LogP contribution in [0.15, 0.2) is 11.8 Å². The number of ether oxygens (including phenoxy) is 1. The lowest BCUT2D eigenvalue weighted by Crippen LogP contribution is -2.41. The molecule has 2 N–H and O–H groups in total. The van der Waals surface area contributed by atoms with E-state index in [9.17, 15) is 4.79 Å².